The van der Waals surface area contributed by atoms with E-state index in [-0.39, 0.29) is 15.7 Å². The van der Waals surface area contributed by atoms with Gasteiger partial charge in [0.2, 0.25) is 0 Å². The number of alkyl halides is 3. The van der Waals surface area contributed by atoms with Crippen LogP contribution in [0.2, 0.25) is 10.2 Å². The van der Waals surface area contributed by atoms with Crippen LogP contribution in [0.3, 0.4) is 0 Å². The van der Waals surface area contributed by atoms with Gasteiger partial charge in [-0.05, 0) is 18.9 Å². The van der Waals surface area contributed by atoms with E-state index in [0.29, 0.717) is 12.8 Å². The Hall–Kier alpha value is -1.01. The highest BCUT2D eigenvalue weighted by Gasteiger charge is 2.37. The van der Waals surface area contributed by atoms with Gasteiger partial charge in [-0.3, -0.25) is 4.79 Å². The first kappa shape index (κ1) is 16.4. The summed E-state index contributed by atoms with van der Waals surface area (Å²) >= 11 is 11.4. The third-order valence-electron chi connectivity index (χ3n) is 3.42. The van der Waals surface area contributed by atoms with E-state index in [2.05, 4.69) is 4.98 Å². The number of carbonyl (C=O) groups excluding carboxylic acids is 1. The number of nitrogens with zero attached hydrogens (tertiary/aromatic N) is 2. The number of carbonyl (C=O) groups is 1. The van der Waals surface area contributed by atoms with E-state index in [1.54, 1.807) is 0 Å². The maximum Gasteiger partial charge on any atom is 0.406 e. The zero-order chi connectivity index (χ0) is 15.6. The van der Waals surface area contributed by atoms with Crippen molar-refractivity contribution in [2.75, 3.05) is 6.54 Å². The molecule has 1 amide bonds. The molecule has 1 aliphatic rings. The van der Waals surface area contributed by atoms with Gasteiger partial charge in [-0.15, -0.1) is 0 Å². The summed E-state index contributed by atoms with van der Waals surface area (Å²) in [7, 11) is 0. The maximum atomic E-state index is 12.7. The fourth-order valence-electron chi connectivity index (χ4n) is 2.48. The van der Waals surface area contributed by atoms with Gasteiger partial charge >= 0.3 is 6.18 Å². The van der Waals surface area contributed by atoms with Crippen LogP contribution in [0.4, 0.5) is 13.2 Å². The third-order valence-corrected chi connectivity index (χ3v) is 4.11. The first-order valence-corrected chi connectivity index (χ1v) is 7.22. The van der Waals surface area contributed by atoms with Crippen molar-refractivity contribution in [3.05, 3.63) is 28.0 Å². The van der Waals surface area contributed by atoms with E-state index >= 15 is 0 Å². The van der Waals surface area contributed by atoms with Crippen LogP contribution in [0, 0.1) is 0 Å². The van der Waals surface area contributed by atoms with Crippen molar-refractivity contribution in [2.45, 2.75) is 37.9 Å². The minimum atomic E-state index is -4.44. The van der Waals surface area contributed by atoms with Crippen molar-refractivity contribution < 1.29 is 18.0 Å². The van der Waals surface area contributed by atoms with Crippen LogP contribution in [-0.2, 0) is 0 Å². The Balaban J connectivity index is 2.26. The molecule has 2 rings (SSSR count). The summed E-state index contributed by atoms with van der Waals surface area (Å²) in [6.45, 7) is -1.27. The highest BCUT2D eigenvalue weighted by Crippen LogP contribution is 2.29. The van der Waals surface area contributed by atoms with Crippen LogP contribution in [0.25, 0.3) is 0 Å². The Morgan fingerprint density at radius 1 is 1.33 bits per heavy atom. The number of amides is 1. The molecule has 0 aromatic carbocycles. The Kier molecular flexibility index (Phi) is 4.99. The van der Waals surface area contributed by atoms with Crippen LogP contribution < -0.4 is 0 Å². The van der Waals surface area contributed by atoms with Crippen molar-refractivity contribution >= 4 is 29.1 Å². The van der Waals surface area contributed by atoms with Crippen molar-refractivity contribution in [3.63, 3.8) is 0 Å². The first-order valence-electron chi connectivity index (χ1n) is 6.46. The van der Waals surface area contributed by atoms with Crippen molar-refractivity contribution in [1.82, 2.24) is 9.88 Å². The molecule has 0 unspecified atom stereocenters. The van der Waals surface area contributed by atoms with Crippen LogP contribution in [0.5, 0.6) is 0 Å². The summed E-state index contributed by atoms with van der Waals surface area (Å²) in [6, 6.07) is 0.853. The van der Waals surface area contributed by atoms with Crippen LogP contribution in [0.1, 0.15) is 36.0 Å². The van der Waals surface area contributed by atoms with Gasteiger partial charge in [-0.2, -0.15) is 13.2 Å². The van der Waals surface area contributed by atoms with E-state index in [4.69, 9.17) is 23.2 Å². The number of hydrogen-bond donors (Lipinski definition) is 0. The molecule has 0 radical (unpaired) electrons. The average molecular weight is 341 g/mol. The molecule has 116 valence electrons. The maximum absolute atomic E-state index is 12.7. The molecular weight excluding hydrogens is 328 g/mol. The van der Waals surface area contributed by atoms with Crippen molar-refractivity contribution in [3.8, 4) is 0 Å². The first-order chi connectivity index (χ1) is 9.78. The van der Waals surface area contributed by atoms with E-state index in [0.717, 1.165) is 23.9 Å². The monoisotopic (exact) mass is 340 g/mol. The second-order valence-corrected chi connectivity index (χ2v) is 5.75. The molecule has 21 heavy (non-hydrogen) atoms. The lowest BCUT2D eigenvalue weighted by atomic mass is 10.1. The fourth-order valence-corrected chi connectivity index (χ4v) is 2.75. The van der Waals surface area contributed by atoms with Gasteiger partial charge in [-0.1, -0.05) is 36.0 Å². The van der Waals surface area contributed by atoms with Crippen molar-refractivity contribution in [1.29, 1.82) is 0 Å². The summed E-state index contributed by atoms with van der Waals surface area (Å²) in [4.78, 5) is 16.9. The summed E-state index contributed by atoms with van der Waals surface area (Å²) in [6.07, 6.45) is -0.484. The van der Waals surface area contributed by atoms with E-state index in [1.165, 1.54) is 6.07 Å². The lowest BCUT2D eigenvalue weighted by molar-refractivity contribution is -0.144. The SMILES string of the molecule is O=C(c1cnc(Cl)c(Cl)c1)N(CC(F)(F)F)C1CCCC1. The standard InChI is InChI=1S/C13H13Cl2F3N2O/c14-10-5-8(6-19-11(10)15)12(21)20(7-13(16,17)18)9-3-1-2-4-9/h5-6,9H,1-4,7H2. The quantitative estimate of drug-likeness (QED) is 0.767. The molecule has 0 saturated heterocycles. The summed E-state index contributed by atoms with van der Waals surface area (Å²) in [5.41, 5.74) is 0.0144. The van der Waals surface area contributed by atoms with Gasteiger partial charge in [0.25, 0.3) is 5.91 Å². The number of rotatable bonds is 3. The van der Waals surface area contributed by atoms with E-state index in [9.17, 15) is 18.0 Å². The van der Waals surface area contributed by atoms with Gasteiger partial charge < -0.3 is 4.90 Å². The summed E-state index contributed by atoms with van der Waals surface area (Å²) in [5, 5.41) is 0.0531. The Labute approximate surface area is 130 Å². The average Bonchev–Trinajstić information content (AvgIpc) is 2.91. The normalized spacial score (nSPS) is 16.2. The van der Waals surface area contributed by atoms with Crippen molar-refractivity contribution in [2.24, 2.45) is 0 Å². The predicted molar refractivity (Wildman–Crippen MR) is 73.6 cm³/mol. The highest BCUT2D eigenvalue weighted by atomic mass is 35.5. The molecule has 8 heteroatoms. The molecule has 0 atom stereocenters. The third kappa shape index (κ3) is 4.23. The Bertz CT molecular complexity index is 531. The second-order valence-electron chi connectivity index (χ2n) is 4.98. The number of pyridine rings is 1. The molecule has 0 N–H and O–H groups in total. The molecular formula is C13H13Cl2F3N2O. The molecule has 3 nitrogen and oxygen atoms in total. The zero-order valence-corrected chi connectivity index (χ0v) is 12.5. The van der Waals surface area contributed by atoms with E-state index in [1.807, 2.05) is 0 Å². The molecule has 0 aliphatic heterocycles. The topological polar surface area (TPSA) is 33.2 Å². The van der Waals surface area contributed by atoms with E-state index < -0.39 is 24.7 Å². The smallest absolute Gasteiger partial charge is 0.327 e. The molecule has 0 spiro atoms. The summed E-state index contributed by atoms with van der Waals surface area (Å²) < 4.78 is 38.2. The predicted octanol–water partition coefficient (Wildman–Crippen LogP) is 4.34. The minimum absolute atomic E-state index is 0.0106. The van der Waals surface area contributed by atoms with Gasteiger partial charge in [0.1, 0.15) is 11.7 Å². The minimum Gasteiger partial charge on any atom is -0.327 e. The lowest BCUT2D eigenvalue weighted by Crippen LogP contribution is -2.44. The number of halogens is 5. The largest absolute Gasteiger partial charge is 0.406 e. The molecule has 1 fully saturated rings. The van der Waals surface area contributed by atoms with Crippen LogP contribution in [-0.4, -0.2) is 34.6 Å². The van der Waals surface area contributed by atoms with Gasteiger partial charge in [0.05, 0.1) is 10.6 Å². The highest BCUT2D eigenvalue weighted by molar-refractivity contribution is 6.41. The number of hydrogen-bond acceptors (Lipinski definition) is 2. The molecule has 1 heterocycles. The zero-order valence-electron chi connectivity index (χ0n) is 11.0. The Morgan fingerprint density at radius 2 is 1.95 bits per heavy atom. The molecule has 1 aliphatic carbocycles. The fraction of sp³-hybridized carbons (Fsp3) is 0.538. The van der Waals surface area contributed by atoms with Gasteiger partial charge in [-0.25, -0.2) is 4.98 Å². The molecule has 1 aromatic heterocycles. The molecule has 0 bridgehead atoms. The van der Waals surface area contributed by atoms with Crippen LogP contribution >= 0.6 is 23.2 Å². The second kappa shape index (κ2) is 6.40. The molecule has 1 aromatic rings. The lowest BCUT2D eigenvalue weighted by Gasteiger charge is -2.29. The Morgan fingerprint density at radius 3 is 2.48 bits per heavy atom. The van der Waals surface area contributed by atoms with Crippen LogP contribution in [0.15, 0.2) is 12.3 Å². The van der Waals surface area contributed by atoms with Gasteiger partial charge in [0, 0.05) is 12.2 Å². The molecule has 1 saturated carbocycles. The number of aromatic nitrogens is 1. The summed E-state index contributed by atoms with van der Waals surface area (Å²) in [5.74, 6) is -0.717. The van der Waals surface area contributed by atoms with Gasteiger partial charge in [0.15, 0.2) is 0 Å².